The van der Waals surface area contributed by atoms with Gasteiger partial charge < -0.3 is 14.9 Å². The largest absolute Gasteiger partial charge is 0.394 e. The van der Waals surface area contributed by atoms with Crippen LogP contribution in [-0.4, -0.2) is 58.5 Å². The van der Waals surface area contributed by atoms with Crippen LogP contribution in [0.3, 0.4) is 0 Å². The first-order valence-electron chi connectivity index (χ1n) is 11.1. The van der Waals surface area contributed by atoms with Crippen LogP contribution in [0.4, 0.5) is 0 Å². The molecule has 0 aliphatic carbocycles. The molecular formula is C28H24N2O3. The second-order valence-electron chi connectivity index (χ2n) is 8.43. The van der Waals surface area contributed by atoms with Crippen molar-refractivity contribution in [1.82, 2.24) is 9.80 Å². The molecule has 0 aromatic heterocycles. The number of aliphatic hydroxyl groups excluding tert-OH is 1. The summed E-state index contributed by atoms with van der Waals surface area (Å²) in [6, 6.07) is 26.4. The summed E-state index contributed by atoms with van der Waals surface area (Å²) in [6.07, 6.45) is 0. The number of carbonyl (C=O) groups is 2. The van der Waals surface area contributed by atoms with Crippen molar-refractivity contribution in [2.24, 2.45) is 0 Å². The van der Waals surface area contributed by atoms with Gasteiger partial charge in [0, 0.05) is 29.2 Å². The van der Waals surface area contributed by atoms with Crippen LogP contribution >= 0.6 is 0 Å². The Morgan fingerprint density at radius 2 is 1.48 bits per heavy atom. The lowest BCUT2D eigenvalue weighted by Gasteiger charge is -2.58. The molecule has 2 aliphatic rings. The maximum absolute atomic E-state index is 12.9. The summed E-state index contributed by atoms with van der Waals surface area (Å²) in [5.41, 5.74) is 3.48. The van der Waals surface area contributed by atoms with Crippen molar-refractivity contribution in [3.05, 3.63) is 107 Å². The van der Waals surface area contributed by atoms with Crippen LogP contribution in [-0.2, 0) is 4.79 Å². The molecule has 2 saturated heterocycles. The Kier molecular flexibility index (Phi) is 5.68. The van der Waals surface area contributed by atoms with E-state index < -0.39 is 0 Å². The first-order chi connectivity index (χ1) is 16.2. The molecular weight excluding hydrogens is 412 g/mol. The van der Waals surface area contributed by atoms with Gasteiger partial charge in [-0.1, -0.05) is 60.4 Å². The van der Waals surface area contributed by atoms with Crippen molar-refractivity contribution in [2.75, 3.05) is 19.7 Å². The van der Waals surface area contributed by atoms with Gasteiger partial charge in [0.15, 0.2) is 0 Å². The van der Waals surface area contributed by atoms with E-state index in [0.29, 0.717) is 12.1 Å². The third kappa shape index (κ3) is 4.02. The Labute approximate surface area is 193 Å². The molecule has 0 spiro atoms. The van der Waals surface area contributed by atoms with Crippen LogP contribution in [0.1, 0.15) is 33.0 Å². The fraction of sp³-hybridized carbons (Fsp3) is 0.214. The average molecular weight is 437 g/mol. The first kappa shape index (κ1) is 21.0. The van der Waals surface area contributed by atoms with Crippen molar-refractivity contribution >= 4 is 11.8 Å². The van der Waals surface area contributed by atoms with E-state index in [1.54, 1.807) is 21.9 Å². The standard InChI is InChI=1S/C28H24N2O3/c31-19-25-27(22-15-13-21(14-16-22)12-11-20-7-3-1-4-8-20)24-17-29(18-26(32)30(24)25)28(33)23-9-5-2-6-10-23/h1-10,13-16,24-25,27,31H,17-19H2/t24-,25+,27+/m0/s1. The second kappa shape index (κ2) is 8.93. The van der Waals surface area contributed by atoms with Gasteiger partial charge in [-0.05, 0) is 42.0 Å². The van der Waals surface area contributed by atoms with Gasteiger partial charge in [-0.2, -0.15) is 0 Å². The zero-order valence-electron chi connectivity index (χ0n) is 18.1. The normalized spacial score (nSPS) is 21.5. The molecule has 2 amide bonds. The number of piperazine rings is 1. The molecule has 164 valence electrons. The number of aliphatic hydroxyl groups is 1. The molecule has 0 unspecified atom stereocenters. The molecule has 0 bridgehead atoms. The number of carbonyl (C=O) groups excluding carboxylic acids is 2. The Morgan fingerprint density at radius 1 is 0.879 bits per heavy atom. The van der Waals surface area contributed by atoms with E-state index in [1.807, 2.05) is 72.8 Å². The van der Waals surface area contributed by atoms with E-state index in [2.05, 4.69) is 11.8 Å². The number of fused-ring (bicyclic) bond motifs is 1. The third-order valence-electron chi connectivity index (χ3n) is 6.48. The molecule has 2 heterocycles. The van der Waals surface area contributed by atoms with E-state index >= 15 is 0 Å². The van der Waals surface area contributed by atoms with Crippen LogP contribution in [0.5, 0.6) is 0 Å². The minimum atomic E-state index is -0.266. The summed E-state index contributed by atoms with van der Waals surface area (Å²) in [5.74, 6) is 6.05. The highest BCUT2D eigenvalue weighted by Crippen LogP contribution is 2.43. The van der Waals surface area contributed by atoms with Crippen molar-refractivity contribution < 1.29 is 14.7 Å². The lowest BCUT2D eigenvalue weighted by Crippen LogP contribution is -2.73. The predicted octanol–water partition coefficient (Wildman–Crippen LogP) is 2.90. The van der Waals surface area contributed by atoms with Gasteiger partial charge in [0.2, 0.25) is 5.91 Å². The third-order valence-corrected chi connectivity index (χ3v) is 6.48. The zero-order valence-corrected chi connectivity index (χ0v) is 18.1. The minimum Gasteiger partial charge on any atom is -0.394 e. The van der Waals surface area contributed by atoms with Crippen molar-refractivity contribution in [3.63, 3.8) is 0 Å². The average Bonchev–Trinajstić information content (AvgIpc) is 2.85. The highest BCUT2D eigenvalue weighted by Gasteiger charge is 2.54. The molecule has 0 radical (unpaired) electrons. The zero-order chi connectivity index (χ0) is 22.8. The van der Waals surface area contributed by atoms with Gasteiger partial charge in [-0.3, -0.25) is 9.59 Å². The summed E-state index contributed by atoms with van der Waals surface area (Å²) in [5, 5.41) is 10.00. The number of amides is 2. The molecule has 1 N–H and O–H groups in total. The van der Waals surface area contributed by atoms with Gasteiger partial charge in [0.25, 0.3) is 5.91 Å². The summed E-state index contributed by atoms with van der Waals surface area (Å²) >= 11 is 0. The number of hydrogen-bond acceptors (Lipinski definition) is 3. The molecule has 33 heavy (non-hydrogen) atoms. The molecule has 3 atom stereocenters. The van der Waals surface area contributed by atoms with Crippen LogP contribution in [0.15, 0.2) is 84.9 Å². The number of benzene rings is 3. The Hall–Kier alpha value is -3.88. The lowest BCUT2D eigenvalue weighted by molar-refractivity contribution is -0.159. The fourth-order valence-electron chi connectivity index (χ4n) is 4.87. The topological polar surface area (TPSA) is 60.9 Å². The number of hydrogen-bond donors (Lipinski definition) is 1. The summed E-state index contributed by atoms with van der Waals surface area (Å²) < 4.78 is 0. The van der Waals surface area contributed by atoms with Gasteiger partial charge >= 0.3 is 0 Å². The molecule has 3 aromatic rings. The van der Waals surface area contributed by atoms with Crippen LogP contribution < -0.4 is 0 Å². The van der Waals surface area contributed by atoms with Gasteiger partial charge in [0.1, 0.15) is 6.54 Å². The Bertz CT molecular complexity index is 1210. The van der Waals surface area contributed by atoms with E-state index in [-0.39, 0.29) is 43.0 Å². The molecule has 2 fully saturated rings. The number of nitrogens with zero attached hydrogens (tertiary/aromatic N) is 2. The molecule has 5 heteroatoms. The summed E-state index contributed by atoms with van der Waals surface area (Å²) in [6.45, 7) is 0.396. The monoisotopic (exact) mass is 436 g/mol. The Balaban J connectivity index is 1.35. The predicted molar refractivity (Wildman–Crippen MR) is 125 cm³/mol. The van der Waals surface area contributed by atoms with E-state index in [4.69, 9.17) is 0 Å². The smallest absolute Gasteiger partial charge is 0.254 e. The van der Waals surface area contributed by atoms with Gasteiger partial charge in [-0.25, -0.2) is 0 Å². The van der Waals surface area contributed by atoms with Crippen molar-refractivity contribution in [2.45, 2.75) is 18.0 Å². The first-order valence-corrected chi connectivity index (χ1v) is 11.1. The van der Waals surface area contributed by atoms with E-state index in [0.717, 1.165) is 16.7 Å². The van der Waals surface area contributed by atoms with Crippen molar-refractivity contribution in [1.29, 1.82) is 0 Å². The maximum Gasteiger partial charge on any atom is 0.254 e. The van der Waals surface area contributed by atoms with Crippen LogP contribution in [0, 0.1) is 11.8 Å². The lowest BCUT2D eigenvalue weighted by atomic mass is 9.73. The van der Waals surface area contributed by atoms with E-state index in [1.165, 1.54) is 0 Å². The highest BCUT2D eigenvalue weighted by molar-refractivity contribution is 5.97. The molecule has 2 aliphatic heterocycles. The van der Waals surface area contributed by atoms with Crippen molar-refractivity contribution in [3.8, 4) is 11.8 Å². The quantitative estimate of drug-likeness (QED) is 0.643. The van der Waals surface area contributed by atoms with Crippen LogP contribution in [0.2, 0.25) is 0 Å². The summed E-state index contributed by atoms with van der Waals surface area (Å²) in [4.78, 5) is 29.1. The van der Waals surface area contributed by atoms with E-state index in [9.17, 15) is 14.7 Å². The van der Waals surface area contributed by atoms with Crippen LogP contribution in [0.25, 0.3) is 0 Å². The molecule has 0 saturated carbocycles. The second-order valence-corrected chi connectivity index (χ2v) is 8.43. The molecule has 5 nitrogen and oxygen atoms in total. The SMILES string of the molecule is O=C(c1ccccc1)N1CC(=O)N2[C@H](CO)[C@H](c3ccc(C#Cc4ccccc4)cc3)[C@@H]2C1. The fourth-order valence-corrected chi connectivity index (χ4v) is 4.87. The number of rotatable bonds is 3. The van der Waals surface area contributed by atoms with Gasteiger partial charge in [-0.15, -0.1) is 0 Å². The molecule has 3 aromatic carbocycles. The van der Waals surface area contributed by atoms with Gasteiger partial charge in [0.05, 0.1) is 18.7 Å². The highest BCUT2D eigenvalue weighted by atomic mass is 16.3. The Morgan fingerprint density at radius 3 is 2.12 bits per heavy atom. The minimum absolute atomic E-state index is 0.0264. The summed E-state index contributed by atoms with van der Waals surface area (Å²) in [7, 11) is 0. The molecule has 5 rings (SSSR count). The maximum atomic E-state index is 12.9.